The van der Waals surface area contributed by atoms with Crippen LogP contribution in [0.2, 0.25) is 0 Å². The van der Waals surface area contributed by atoms with Gasteiger partial charge in [0.15, 0.2) is 0 Å². The molecule has 0 radical (unpaired) electrons. The summed E-state index contributed by atoms with van der Waals surface area (Å²) in [6, 6.07) is 13.7. The van der Waals surface area contributed by atoms with Crippen LogP contribution in [0.5, 0.6) is 28.9 Å². The highest BCUT2D eigenvalue weighted by molar-refractivity contribution is 5.74. The number of methoxy groups -OCH3 is 2. The van der Waals surface area contributed by atoms with Crippen LogP contribution in [0.4, 0.5) is 0 Å². The van der Waals surface area contributed by atoms with Gasteiger partial charge in [-0.25, -0.2) is 5.41 Å². The molecular weight excluding hydrogens is 324 g/mol. The van der Waals surface area contributed by atoms with Crippen LogP contribution in [0.25, 0.3) is 0 Å². The van der Waals surface area contributed by atoms with Gasteiger partial charge in [0.2, 0.25) is 0 Å². The van der Waals surface area contributed by atoms with Crippen LogP contribution in [0, 0.1) is 5.41 Å². The number of ether oxygens (including phenoxy) is 4. The molecule has 0 aliphatic heterocycles. The van der Waals surface area contributed by atoms with Crippen molar-refractivity contribution in [2.45, 2.75) is 0 Å². The predicted octanol–water partition coefficient (Wildman–Crippen LogP) is 2.95. The van der Waals surface area contributed by atoms with E-state index in [4.69, 9.17) is 24.4 Å². The van der Waals surface area contributed by atoms with Crippen LogP contribution >= 0.6 is 0 Å². The first-order chi connectivity index (χ1) is 12.2. The number of rotatable bonds is 5. The molecule has 0 saturated carbocycles. The molecule has 0 unspecified atom stereocenters. The standard InChI is InChI=1S/C17H16N4O4/c1-22-12-3-7-14(8-4-12)24-16-11-21(20-19-16)17(18)25-15-9-5-13(23-2)6-10-15/h3-11,18H,1-2H3. The molecule has 1 N–H and O–H groups in total. The predicted molar refractivity (Wildman–Crippen MR) is 89.8 cm³/mol. The molecule has 1 heterocycles. The monoisotopic (exact) mass is 340 g/mol. The molecule has 2 aromatic carbocycles. The summed E-state index contributed by atoms with van der Waals surface area (Å²) in [6.07, 6.45) is 1.45. The van der Waals surface area contributed by atoms with Crippen molar-refractivity contribution in [1.82, 2.24) is 15.0 Å². The van der Waals surface area contributed by atoms with Crippen molar-refractivity contribution in [2.24, 2.45) is 0 Å². The van der Waals surface area contributed by atoms with Gasteiger partial charge < -0.3 is 18.9 Å². The molecule has 0 atom stereocenters. The lowest BCUT2D eigenvalue weighted by Crippen LogP contribution is -2.18. The Morgan fingerprint density at radius 2 is 1.36 bits per heavy atom. The van der Waals surface area contributed by atoms with E-state index in [0.29, 0.717) is 17.2 Å². The number of nitrogens with one attached hydrogen (secondary N) is 1. The normalized spacial score (nSPS) is 10.2. The highest BCUT2D eigenvalue weighted by Gasteiger charge is 2.09. The number of hydrogen-bond donors (Lipinski definition) is 1. The van der Waals surface area contributed by atoms with Crippen LogP contribution in [0.1, 0.15) is 0 Å². The molecule has 0 saturated heterocycles. The number of hydrogen-bond acceptors (Lipinski definition) is 7. The van der Waals surface area contributed by atoms with Gasteiger partial charge in [0.25, 0.3) is 5.88 Å². The van der Waals surface area contributed by atoms with Gasteiger partial charge in [0.05, 0.1) is 14.2 Å². The van der Waals surface area contributed by atoms with E-state index in [9.17, 15) is 0 Å². The van der Waals surface area contributed by atoms with E-state index in [1.165, 1.54) is 10.9 Å². The fourth-order valence-electron chi connectivity index (χ4n) is 1.96. The highest BCUT2D eigenvalue weighted by Crippen LogP contribution is 2.22. The highest BCUT2D eigenvalue weighted by atomic mass is 16.5. The summed E-state index contributed by atoms with van der Waals surface area (Å²) in [4.78, 5) is 0. The third kappa shape index (κ3) is 4.05. The van der Waals surface area contributed by atoms with Gasteiger partial charge in [0, 0.05) is 0 Å². The second kappa shape index (κ2) is 7.35. The number of nitrogens with zero attached hydrogens (tertiary/aromatic N) is 3. The Labute approximate surface area is 144 Å². The van der Waals surface area contributed by atoms with E-state index >= 15 is 0 Å². The zero-order valence-electron chi connectivity index (χ0n) is 13.7. The summed E-state index contributed by atoms with van der Waals surface area (Å²) in [5.41, 5.74) is 0. The van der Waals surface area contributed by atoms with Gasteiger partial charge in [-0.05, 0) is 48.5 Å². The maximum absolute atomic E-state index is 7.95. The van der Waals surface area contributed by atoms with Crippen molar-refractivity contribution in [3.05, 3.63) is 54.7 Å². The molecule has 3 aromatic rings. The lowest BCUT2D eigenvalue weighted by Gasteiger charge is -2.06. The first kappa shape index (κ1) is 16.3. The minimum Gasteiger partial charge on any atom is -0.497 e. The van der Waals surface area contributed by atoms with E-state index in [1.807, 2.05) is 0 Å². The third-order valence-corrected chi connectivity index (χ3v) is 3.24. The molecule has 8 heteroatoms. The summed E-state index contributed by atoms with van der Waals surface area (Å²) < 4.78 is 22.3. The van der Waals surface area contributed by atoms with Crippen LogP contribution in [0.15, 0.2) is 54.7 Å². The lowest BCUT2D eigenvalue weighted by molar-refractivity contribution is 0.412. The molecule has 8 nitrogen and oxygen atoms in total. The molecule has 0 aliphatic carbocycles. The maximum Gasteiger partial charge on any atom is 0.317 e. The summed E-state index contributed by atoms with van der Waals surface area (Å²) in [7, 11) is 3.17. The summed E-state index contributed by atoms with van der Waals surface area (Å²) in [5.74, 6) is 2.74. The maximum atomic E-state index is 7.95. The fraction of sp³-hybridized carbons (Fsp3) is 0.118. The third-order valence-electron chi connectivity index (χ3n) is 3.24. The smallest absolute Gasteiger partial charge is 0.317 e. The zero-order valence-corrected chi connectivity index (χ0v) is 13.7. The van der Waals surface area contributed by atoms with Crippen molar-refractivity contribution < 1.29 is 18.9 Å². The summed E-state index contributed by atoms with van der Waals surface area (Å²) >= 11 is 0. The van der Waals surface area contributed by atoms with Crippen molar-refractivity contribution >= 4 is 6.02 Å². The second-order valence-corrected chi connectivity index (χ2v) is 4.86. The second-order valence-electron chi connectivity index (χ2n) is 4.86. The van der Waals surface area contributed by atoms with Crippen molar-refractivity contribution in [2.75, 3.05) is 14.2 Å². The minimum absolute atomic E-state index is 0.206. The Morgan fingerprint density at radius 1 is 0.840 bits per heavy atom. The van der Waals surface area contributed by atoms with Crippen molar-refractivity contribution in [1.29, 1.82) is 5.41 Å². The number of benzene rings is 2. The van der Waals surface area contributed by atoms with E-state index in [1.54, 1.807) is 62.8 Å². The zero-order chi connectivity index (χ0) is 17.6. The van der Waals surface area contributed by atoms with Gasteiger partial charge in [-0.15, -0.1) is 0 Å². The quantitative estimate of drug-likeness (QED) is 0.567. The first-order valence-electron chi connectivity index (χ1n) is 7.33. The van der Waals surface area contributed by atoms with E-state index < -0.39 is 0 Å². The minimum atomic E-state index is -0.206. The Bertz CT molecular complexity index is 844. The molecule has 0 spiro atoms. The van der Waals surface area contributed by atoms with Gasteiger partial charge in [-0.2, -0.15) is 4.68 Å². The molecule has 0 bridgehead atoms. The first-order valence-corrected chi connectivity index (χ1v) is 7.33. The van der Waals surface area contributed by atoms with E-state index in [-0.39, 0.29) is 11.9 Å². The molecule has 0 amide bonds. The molecule has 128 valence electrons. The Hall–Kier alpha value is -3.55. The van der Waals surface area contributed by atoms with Gasteiger partial charge in [-0.1, -0.05) is 10.3 Å². The van der Waals surface area contributed by atoms with Gasteiger partial charge in [-0.3, -0.25) is 0 Å². The van der Waals surface area contributed by atoms with E-state index in [0.717, 1.165) is 5.75 Å². The largest absolute Gasteiger partial charge is 0.497 e. The van der Waals surface area contributed by atoms with Crippen molar-refractivity contribution in [3.63, 3.8) is 0 Å². The van der Waals surface area contributed by atoms with Crippen LogP contribution in [-0.4, -0.2) is 35.2 Å². The summed E-state index contributed by atoms with van der Waals surface area (Å²) in [6.45, 7) is 0. The molecule has 1 aromatic heterocycles. The average Bonchev–Trinajstić information content (AvgIpc) is 3.12. The SMILES string of the molecule is COc1ccc(OC(=N)n2cc(Oc3ccc(OC)cc3)nn2)cc1. The Kier molecular flexibility index (Phi) is 4.79. The fourth-order valence-corrected chi connectivity index (χ4v) is 1.96. The summed E-state index contributed by atoms with van der Waals surface area (Å²) in [5, 5.41) is 15.6. The molecule has 3 rings (SSSR count). The molecule has 25 heavy (non-hydrogen) atoms. The van der Waals surface area contributed by atoms with Crippen LogP contribution < -0.4 is 18.9 Å². The molecular formula is C17H16N4O4. The topological polar surface area (TPSA) is 91.5 Å². The van der Waals surface area contributed by atoms with Crippen molar-refractivity contribution in [3.8, 4) is 28.9 Å². The Balaban J connectivity index is 1.64. The van der Waals surface area contributed by atoms with E-state index in [2.05, 4.69) is 10.3 Å². The van der Waals surface area contributed by atoms with Crippen LogP contribution in [-0.2, 0) is 0 Å². The molecule has 0 fully saturated rings. The van der Waals surface area contributed by atoms with Gasteiger partial charge in [0.1, 0.15) is 29.2 Å². The lowest BCUT2D eigenvalue weighted by atomic mass is 10.3. The van der Waals surface area contributed by atoms with Gasteiger partial charge >= 0.3 is 6.02 Å². The number of aromatic nitrogens is 3. The molecule has 0 aliphatic rings. The average molecular weight is 340 g/mol. The van der Waals surface area contributed by atoms with Crippen LogP contribution in [0.3, 0.4) is 0 Å². The Morgan fingerprint density at radius 3 is 1.92 bits per heavy atom.